The first kappa shape index (κ1) is 19.9. The van der Waals surface area contributed by atoms with Crippen LogP contribution < -0.4 is 10.2 Å². The van der Waals surface area contributed by atoms with Crippen LogP contribution in [-0.2, 0) is 9.53 Å². The zero-order chi connectivity index (χ0) is 19.3. The van der Waals surface area contributed by atoms with Gasteiger partial charge in [-0.05, 0) is 23.8 Å². The molecule has 4 N–H and O–H groups in total. The first-order chi connectivity index (χ1) is 12.3. The Kier molecular flexibility index (Phi) is 6.71. The Balaban J connectivity index is 1.99. The van der Waals surface area contributed by atoms with Gasteiger partial charge in [-0.2, -0.15) is 5.26 Å². The Labute approximate surface area is 151 Å². The number of amides is 1. The number of rotatable bonds is 5. The molecule has 1 aromatic rings. The molecule has 8 nitrogen and oxygen atoms in total. The van der Waals surface area contributed by atoms with Gasteiger partial charge < -0.3 is 30.3 Å². The van der Waals surface area contributed by atoms with Crippen LogP contribution in [0.15, 0.2) is 29.8 Å². The van der Waals surface area contributed by atoms with Crippen molar-refractivity contribution in [2.24, 2.45) is 0 Å². The van der Waals surface area contributed by atoms with Crippen LogP contribution >= 0.6 is 0 Å². The summed E-state index contributed by atoms with van der Waals surface area (Å²) in [5.41, 5.74) is 1.61. The van der Waals surface area contributed by atoms with Crippen molar-refractivity contribution >= 4 is 17.7 Å². The highest BCUT2D eigenvalue weighted by Gasteiger charge is 2.37. The third kappa shape index (κ3) is 4.80. The van der Waals surface area contributed by atoms with Crippen molar-refractivity contribution in [3.8, 4) is 6.07 Å². The van der Waals surface area contributed by atoms with E-state index in [1.54, 1.807) is 12.1 Å². The molecule has 1 aliphatic heterocycles. The second-order valence-electron chi connectivity index (χ2n) is 6.29. The molecule has 0 radical (unpaired) electrons. The molecule has 140 valence electrons. The van der Waals surface area contributed by atoms with E-state index in [9.17, 15) is 25.4 Å². The molecule has 26 heavy (non-hydrogen) atoms. The Morgan fingerprint density at radius 1 is 1.31 bits per heavy atom. The van der Waals surface area contributed by atoms with Gasteiger partial charge in [-0.1, -0.05) is 12.1 Å². The zero-order valence-corrected chi connectivity index (χ0v) is 14.7. The molecule has 0 unspecified atom stereocenters. The lowest BCUT2D eigenvalue weighted by atomic mass is 10.00. The monoisotopic (exact) mass is 361 g/mol. The minimum absolute atomic E-state index is 0.0894. The summed E-state index contributed by atoms with van der Waals surface area (Å²) in [5, 5.41) is 40.6. The second kappa shape index (κ2) is 8.78. The molecule has 1 fully saturated rings. The molecule has 1 saturated heterocycles. The van der Waals surface area contributed by atoms with E-state index in [-0.39, 0.29) is 18.7 Å². The van der Waals surface area contributed by atoms with Crippen LogP contribution in [0.25, 0.3) is 6.08 Å². The van der Waals surface area contributed by atoms with Gasteiger partial charge in [-0.3, -0.25) is 4.79 Å². The summed E-state index contributed by atoms with van der Waals surface area (Å²) in [6.45, 7) is -0.236. The molecule has 0 saturated carbocycles. The van der Waals surface area contributed by atoms with Crippen molar-refractivity contribution in [1.82, 2.24) is 5.32 Å². The predicted molar refractivity (Wildman–Crippen MR) is 95.1 cm³/mol. The van der Waals surface area contributed by atoms with Crippen LogP contribution in [-0.4, -0.2) is 72.9 Å². The number of aliphatic hydroxyl groups is 3. The van der Waals surface area contributed by atoms with Crippen LogP contribution in [0.5, 0.6) is 0 Å². The number of nitriles is 1. The van der Waals surface area contributed by atoms with Crippen molar-refractivity contribution in [1.29, 1.82) is 5.26 Å². The van der Waals surface area contributed by atoms with E-state index < -0.39 is 30.3 Å². The smallest absolute Gasteiger partial charge is 0.262 e. The number of carbonyl (C=O) groups is 1. The number of hydrogen-bond donors (Lipinski definition) is 4. The van der Waals surface area contributed by atoms with Gasteiger partial charge in [0.15, 0.2) is 0 Å². The summed E-state index contributed by atoms with van der Waals surface area (Å²) in [5.74, 6) is -0.611. The minimum atomic E-state index is -1.34. The molecule has 0 aliphatic carbocycles. The number of aliphatic hydroxyl groups excluding tert-OH is 3. The summed E-state index contributed by atoms with van der Waals surface area (Å²) in [7, 11) is 3.83. The molecular formula is C18H23N3O5. The van der Waals surface area contributed by atoms with E-state index in [1.807, 2.05) is 37.2 Å². The predicted octanol–water partition coefficient (Wildman–Crippen LogP) is -0.743. The summed E-state index contributed by atoms with van der Waals surface area (Å²) in [6.07, 6.45) is -3.24. The van der Waals surface area contributed by atoms with Crippen molar-refractivity contribution < 1.29 is 24.9 Å². The van der Waals surface area contributed by atoms with Gasteiger partial charge >= 0.3 is 0 Å². The largest absolute Gasteiger partial charge is 0.388 e. The van der Waals surface area contributed by atoms with E-state index in [0.717, 1.165) is 5.69 Å². The highest BCUT2D eigenvalue weighted by atomic mass is 16.5. The van der Waals surface area contributed by atoms with Gasteiger partial charge in [0, 0.05) is 26.3 Å². The molecule has 0 bridgehead atoms. The van der Waals surface area contributed by atoms with Gasteiger partial charge in [-0.15, -0.1) is 0 Å². The summed E-state index contributed by atoms with van der Waals surface area (Å²) >= 11 is 0. The quantitative estimate of drug-likeness (QED) is 0.402. The van der Waals surface area contributed by atoms with E-state index in [2.05, 4.69) is 5.32 Å². The van der Waals surface area contributed by atoms with Gasteiger partial charge in [0.25, 0.3) is 5.91 Å². The van der Waals surface area contributed by atoms with E-state index in [0.29, 0.717) is 5.56 Å². The average molecular weight is 361 g/mol. The van der Waals surface area contributed by atoms with Crippen LogP contribution in [0.1, 0.15) is 5.56 Å². The number of carbonyl (C=O) groups excluding carboxylic acids is 1. The molecule has 1 heterocycles. The molecule has 1 aromatic carbocycles. The number of hydrogen-bond acceptors (Lipinski definition) is 7. The number of benzene rings is 1. The molecule has 8 heteroatoms. The standard InChI is InChI=1S/C18H23N3O5/c1-21(2)13-5-3-11(4-6-13)7-12(8-19)18(25)20-9-15-17(24)16(23)14(22)10-26-15/h3-7,14-17,22-24H,9-10H2,1-2H3,(H,20,25)/b12-7+/t14-,15+,16+,17+/m0/s1. The van der Waals surface area contributed by atoms with Crippen LogP contribution in [0.3, 0.4) is 0 Å². The van der Waals surface area contributed by atoms with E-state index >= 15 is 0 Å². The van der Waals surface area contributed by atoms with E-state index in [4.69, 9.17) is 4.74 Å². The molecule has 0 spiro atoms. The first-order valence-corrected chi connectivity index (χ1v) is 8.16. The van der Waals surface area contributed by atoms with Crippen molar-refractivity contribution in [3.05, 3.63) is 35.4 Å². The lowest BCUT2D eigenvalue weighted by molar-refractivity contribution is -0.185. The van der Waals surface area contributed by atoms with Gasteiger partial charge in [0.05, 0.1) is 6.61 Å². The lowest BCUT2D eigenvalue weighted by Gasteiger charge is -2.35. The topological polar surface area (TPSA) is 126 Å². The van der Waals surface area contributed by atoms with Gasteiger partial charge in [0.2, 0.25) is 0 Å². The maximum absolute atomic E-state index is 12.2. The number of ether oxygens (including phenoxy) is 1. The maximum Gasteiger partial charge on any atom is 0.262 e. The third-order valence-electron chi connectivity index (χ3n) is 4.16. The highest BCUT2D eigenvalue weighted by molar-refractivity contribution is 6.01. The Morgan fingerprint density at radius 2 is 1.96 bits per heavy atom. The number of nitrogens with zero attached hydrogens (tertiary/aromatic N) is 2. The van der Waals surface area contributed by atoms with Gasteiger partial charge in [-0.25, -0.2) is 0 Å². The lowest BCUT2D eigenvalue weighted by Crippen LogP contribution is -2.56. The fourth-order valence-electron chi connectivity index (χ4n) is 2.52. The molecule has 4 atom stereocenters. The average Bonchev–Trinajstić information content (AvgIpc) is 2.63. The maximum atomic E-state index is 12.2. The minimum Gasteiger partial charge on any atom is -0.388 e. The van der Waals surface area contributed by atoms with Crippen molar-refractivity contribution in [2.75, 3.05) is 32.1 Å². The fourth-order valence-corrected chi connectivity index (χ4v) is 2.52. The van der Waals surface area contributed by atoms with Gasteiger partial charge in [0.1, 0.15) is 36.1 Å². The Bertz CT molecular complexity index is 696. The molecule has 0 aromatic heterocycles. The SMILES string of the molecule is CN(C)c1ccc(/C=C(\C#N)C(=O)NC[C@H]2OC[C@H](O)[C@@H](O)[C@@H]2O)cc1. The van der Waals surface area contributed by atoms with Crippen LogP contribution in [0.4, 0.5) is 5.69 Å². The molecule has 1 amide bonds. The molecule has 1 aliphatic rings. The fraction of sp³-hybridized carbons (Fsp3) is 0.444. The van der Waals surface area contributed by atoms with E-state index in [1.165, 1.54) is 6.08 Å². The Morgan fingerprint density at radius 3 is 2.54 bits per heavy atom. The number of nitrogens with one attached hydrogen (secondary N) is 1. The first-order valence-electron chi connectivity index (χ1n) is 8.16. The highest BCUT2D eigenvalue weighted by Crippen LogP contribution is 2.16. The second-order valence-corrected chi connectivity index (χ2v) is 6.29. The van der Waals surface area contributed by atoms with Crippen molar-refractivity contribution in [2.45, 2.75) is 24.4 Å². The third-order valence-corrected chi connectivity index (χ3v) is 4.16. The molecular weight excluding hydrogens is 338 g/mol. The van der Waals surface area contributed by atoms with Crippen molar-refractivity contribution in [3.63, 3.8) is 0 Å². The zero-order valence-electron chi connectivity index (χ0n) is 14.7. The molecule has 2 rings (SSSR count). The summed E-state index contributed by atoms with van der Waals surface area (Å²) in [4.78, 5) is 14.1. The Hall–Kier alpha value is -2.44. The van der Waals surface area contributed by atoms with Crippen LogP contribution in [0.2, 0.25) is 0 Å². The van der Waals surface area contributed by atoms with Crippen LogP contribution in [0, 0.1) is 11.3 Å². The summed E-state index contributed by atoms with van der Waals surface area (Å²) in [6, 6.07) is 9.19. The number of anilines is 1. The summed E-state index contributed by atoms with van der Waals surface area (Å²) < 4.78 is 5.21. The normalized spacial score (nSPS) is 26.1.